The van der Waals surface area contributed by atoms with Crippen molar-refractivity contribution in [2.75, 3.05) is 13.1 Å². The van der Waals surface area contributed by atoms with Crippen LogP contribution in [0, 0.1) is 17.6 Å². The molecular weight excluding hydrogens is 227 g/mol. The van der Waals surface area contributed by atoms with Crippen LogP contribution in [0.3, 0.4) is 0 Å². The molecule has 1 N–H and O–H groups in total. The zero-order valence-electron chi connectivity index (χ0n) is 9.56. The van der Waals surface area contributed by atoms with Crippen molar-refractivity contribution in [3.05, 3.63) is 35.4 Å². The molecule has 1 heterocycles. The van der Waals surface area contributed by atoms with Crippen LogP contribution in [0.25, 0.3) is 0 Å². The van der Waals surface area contributed by atoms with Crippen molar-refractivity contribution in [2.45, 2.75) is 25.4 Å². The molecule has 1 saturated heterocycles. The number of rotatable bonds is 3. The Morgan fingerprint density at radius 3 is 2.65 bits per heavy atom. The predicted octanol–water partition coefficient (Wildman–Crippen LogP) is 2.85. The lowest BCUT2D eigenvalue weighted by atomic mass is 9.89. The van der Waals surface area contributed by atoms with Crippen LogP contribution >= 0.6 is 0 Å². The van der Waals surface area contributed by atoms with Crippen LogP contribution in [0.2, 0.25) is 0 Å². The van der Waals surface area contributed by atoms with E-state index in [4.69, 9.17) is 0 Å². The number of hydrogen-bond acceptors (Lipinski definition) is 1. The van der Waals surface area contributed by atoms with Crippen molar-refractivity contribution < 1.29 is 13.2 Å². The summed E-state index contributed by atoms with van der Waals surface area (Å²) in [4.78, 5) is 0. The minimum atomic E-state index is -1.09. The van der Waals surface area contributed by atoms with Crippen LogP contribution in [-0.4, -0.2) is 19.3 Å². The first kappa shape index (κ1) is 12.4. The molecule has 1 aromatic rings. The smallest absolute Gasteiger partial charge is 0.126 e. The third kappa shape index (κ3) is 3.22. The Balaban J connectivity index is 2.01. The van der Waals surface area contributed by atoms with E-state index in [1.165, 1.54) is 0 Å². The standard InChI is InChI=1S/C13H16F3N/c14-11-1-2-12(15)10(7-11)8-13(16)9-3-5-17-6-4-9/h1-2,7,9,13,17H,3-6,8H2. The Labute approximate surface area is 99.0 Å². The highest BCUT2D eigenvalue weighted by Crippen LogP contribution is 2.23. The Bertz CT molecular complexity index is 375. The number of alkyl halides is 1. The van der Waals surface area contributed by atoms with Gasteiger partial charge in [0.05, 0.1) is 0 Å². The summed E-state index contributed by atoms with van der Waals surface area (Å²) in [6.07, 6.45) is 0.401. The highest BCUT2D eigenvalue weighted by molar-refractivity contribution is 5.19. The molecule has 0 bridgehead atoms. The Morgan fingerprint density at radius 1 is 1.24 bits per heavy atom. The first-order valence-electron chi connectivity index (χ1n) is 5.95. The minimum absolute atomic E-state index is 0.0335. The van der Waals surface area contributed by atoms with E-state index in [9.17, 15) is 13.2 Å². The van der Waals surface area contributed by atoms with Crippen LogP contribution in [0.5, 0.6) is 0 Å². The van der Waals surface area contributed by atoms with Gasteiger partial charge >= 0.3 is 0 Å². The average molecular weight is 243 g/mol. The Morgan fingerprint density at radius 2 is 1.94 bits per heavy atom. The number of benzene rings is 1. The van der Waals surface area contributed by atoms with Gasteiger partial charge in [0.1, 0.15) is 17.8 Å². The second kappa shape index (κ2) is 5.54. The quantitative estimate of drug-likeness (QED) is 0.860. The van der Waals surface area contributed by atoms with E-state index < -0.39 is 17.8 Å². The van der Waals surface area contributed by atoms with E-state index in [2.05, 4.69) is 5.32 Å². The molecule has 1 aliphatic rings. The molecule has 94 valence electrons. The van der Waals surface area contributed by atoms with E-state index in [0.717, 1.165) is 44.1 Å². The van der Waals surface area contributed by atoms with E-state index in [1.807, 2.05) is 0 Å². The van der Waals surface area contributed by atoms with Gasteiger partial charge in [0.25, 0.3) is 0 Å². The van der Waals surface area contributed by atoms with Crippen molar-refractivity contribution in [1.82, 2.24) is 5.32 Å². The molecule has 1 atom stereocenters. The van der Waals surface area contributed by atoms with Gasteiger partial charge in [0.2, 0.25) is 0 Å². The van der Waals surface area contributed by atoms with Crippen molar-refractivity contribution in [3.8, 4) is 0 Å². The Kier molecular flexibility index (Phi) is 4.05. The van der Waals surface area contributed by atoms with Gasteiger partial charge in [-0.2, -0.15) is 0 Å². The van der Waals surface area contributed by atoms with Crippen LogP contribution in [-0.2, 0) is 6.42 Å². The van der Waals surface area contributed by atoms with Crippen LogP contribution in [0.4, 0.5) is 13.2 Å². The summed E-state index contributed by atoms with van der Waals surface area (Å²) in [5.74, 6) is -1.08. The van der Waals surface area contributed by atoms with Gasteiger partial charge in [0, 0.05) is 6.42 Å². The van der Waals surface area contributed by atoms with Gasteiger partial charge in [-0.05, 0) is 55.6 Å². The summed E-state index contributed by atoms with van der Waals surface area (Å²) in [5, 5.41) is 3.15. The van der Waals surface area contributed by atoms with E-state index >= 15 is 0 Å². The van der Waals surface area contributed by atoms with Gasteiger partial charge in [-0.3, -0.25) is 0 Å². The molecular formula is C13H16F3N. The SMILES string of the molecule is Fc1ccc(F)c(CC(F)C2CCNCC2)c1. The van der Waals surface area contributed by atoms with Crippen LogP contribution < -0.4 is 5.32 Å². The van der Waals surface area contributed by atoms with E-state index in [-0.39, 0.29) is 17.9 Å². The maximum atomic E-state index is 14.0. The van der Waals surface area contributed by atoms with Gasteiger partial charge in [0.15, 0.2) is 0 Å². The Hall–Kier alpha value is -1.03. The number of halogens is 3. The second-order valence-corrected chi connectivity index (χ2v) is 4.54. The summed E-state index contributed by atoms with van der Waals surface area (Å²) in [7, 11) is 0. The summed E-state index contributed by atoms with van der Waals surface area (Å²) in [6, 6.07) is 3.19. The highest BCUT2D eigenvalue weighted by atomic mass is 19.1. The molecule has 0 aliphatic carbocycles. The molecule has 0 saturated carbocycles. The first-order valence-corrected chi connectivity index (χ1v) is 5.95. The van der Waals surface area contributed by atoms with Gasteiger partial charge < -0.3 is 5.32 Å². The van der Waals surface area contributed by atoms with Crippen molar-refractivity contribution >= 4 is 0 Å². The fourth-order valence-corrected chi connectivity index (χ4v) is 2.28. The fourth-order valence-electron chi connectivity index (χ4n) is 2.28. The van der Waals surface area contributed by atoms with Gasteiger partial charge in [-0.15, -0.1) is 0 Å². The third-order valence-corrected chi connectivity index (χ3v) is 3.32. The zero-order valence-corrected chi connectivity index (χ0v) is 9.56. The molecule has 1 aliphatic heterocycles. The van der Waals surface area contributed by atoms with Crippen molar-refractivity contribution in [2.24, 2.45) is 5.92 Å². The monoisotopic (exact) mass is 243 g/mol. The highest BCUT2D eigenvalue weighted by Gasteiger charge is 2.24. The molecule has 1 fully saturated rings. The van der Waals surface area contributed by atoms with E-state index in [1.54, 1.807) is 0 Å². The molecule has 0 spiro atoms. The summed E-state index contributed by atoms with van der Waals surface area (Å²) in [6.45, 7) is 1.60. The number of hydrogen-bond donors (Lipinski definition) is 1. The van der Waals surface area contributed by atoms with Gasteiger partial charge in [-0.1, -0.05) is 0 Å². The minimum Gasteiger partial charge on any atom is -0.317 e. The predicted molar refractivity (Wildman–Crippen MR) is 60.6 cm³/mol. The summed E-state index contributed by atoms with van der Waals surface area (Å²) < 4.78 is 40.3. The lowest BCUT2D eigenvalue weighted by molar-refractivity contribution is 0.186. The molecule has 1 nitrogen and oxygen atoms in total. The third-order valence-electron chi connectivity index (χ3n) is 3.32. The zero-order chi connectivity index (χ0) is 12.3. The van der Waals surface area contributed by atoms with Gasteiger partial charge in [-0.25, -0.2) is 13.2 Å². The topological polar surface area (TPSA) is 12.0 Å². The van der Waals surface area contributed by atoms with Crippen molar-refractivity contribution in [1.29, 1.82) is 0 Å². The second-order valence-electron chi connectivity index (χ2n) is 4.54. The van der Waals surface area contributed by atoms with Crippen LogP contribution in [0.15, 0.2) is 18.2 Å². The molecule has 1 unspecified atom stereocenters. The molecule has 1 aromatic carbocycles. The van der Waals surface area contributed by atoms with E-state index in [0.29, 0.717) is 0 Å². The molecule has 4 heteroatoms. The lowest BCUT2D eigenvalue weighted by Crippen LogP contribution is -2.33. The maximum absolute atomic E-state index is 14.0. The number of nitrogens with one attached hydrogen (secondary N) is 1. The summed E-state index contributed by atoms with van der Waals surface area (Å²) in [5.41, 5.74) is 0.135. The average Bonchev–Trinajstić information content (AvgIpc) is 2.35. The van der Waals surface area contributed by atoms with Crippen LogP contribution in [0.1, 0.15) is 18.4 Å². The first-order chi connectivity index (χ1) is 8.16. The molecule has 0 radical (unpaired) electrons. The largest absolute Gasteiger partial charge is 0.317 e. The number of piperidine rings is 1. The molecule has 17 heavy (non-hydrogen) atoms. The lowest BCUT2D eigenvalue weighted by Gasteiger charge is -2.25. The maximum Gasteiger partial charge on any atom is 0.126 e. The summed E-state index contributed by atoms with van der Waals surface area (Å²) >= 11 is 0. The normalized spacial score (nSPS) is 19.2. The van der Waals surface area contributed by atoms with Crippen molar-refractivity contribution in [3.63, 3.8) is 0 Å². The fraction of sp³-hybridized carbons (Fsp3) is 0.538. The molecule has 0 aromatic heterocycles. The molecule has 0 amide bonds. The molecule has 2 rings (SSSR count).